The van der Waals surface area contributed by atoms with Crippen molar-refractivity contribution in [2.24, 2.45) is 11.8 Å². The minimum atomic E-state index is -1.36. The van der Waals surface area contributed by atoms with Crippen LogP contribution >= 0.6 is 22.9 Å². The molecule has 1 aromatic carbocycles. The van der Waals surface area contributed by atoms with E-state index in [9.17, 15) is 14.3 Å². The van der Waals surface area contributed by atoms with Gasteiger partial charge in [-0.3, -0.25) is 14.7 Å². The number of methoxy groups -OCH3 is 1. The van der Waals surface area contributed by atoms with Crippen molar-refractivity contribution in [2.45, 2.75) is 25.4 Å². The topological polar surface area (TPSA) is 62.7 Å². The first kappa shape index (κ1) is 25.4. The predicted octanol–water partition coefficient (Wildman–Crippen LogP) is 5.96. The van der Waals surface area contributed by atoms with Gasteiger partial charge in [-0.05, 0) is 49.9 Å². The number of aliphatic carboxylic acids is 1. The summed E-state index contributed by atoms with van der Waals surface area (Å²) in [5.74, 6) is 4.54. The number of piperidine rings is 1. The average Bonchev–Trinajstić information content (AvgIpc) is 3.27. The third-order valence-electron chi connectivity index (χ3n) is 6.41. The summed E-state index contributed by atoms with van der Waals surface area (Å²) in [4.78, 5) is 18.9. The Hall–Kier alpha value is -2.73. The number of halogens is 3. The summed E-state index contributed by atoms with van der Waals surface area (Å²) in [6.45, 7) is 1.43. The van der Waals surface area contributed by atoms with E-state index < -0.39 is 18.1 Å². The minimum absolute atomic E-state index is 0.150. The molecular formula is C26H25ClF2N2O3S. The first-order valence-corrected chi connectivity index (χ1v) is 12.6. The van der Waals surface area contributed by atoms with Gasteiger partial charge in [0.25, 0.3) is 0 Å². The fourth-order valence-corrected chi connectivity index (χ4v) is 5.46. The minimum Gasteiger partial charge on any atom is -0.497 e. The van der Waals surface area contributed by atoms with Gasteiger partial charge in [-0.15, -0.1) is 11.3 Å². The Morgan fingerprint density at radius 1 is 1.43 bits per heavy atom. The third-order valence-corrected chi connectivity index (χ3v) is 7.53. The zero-order chi connectivity index (χ0) is 24.9. The molecule has 0 radical (unpaired) electrons. The second kappa shape index (κ2) is 11.3. The number of carboxylic acid groups (broad SMARTS) is 1. The van der Waals surface area contributed by atoms with Crippen LogP contribution in [0.5, 0.6) is 5.75 Å². The van der Waals surface area contributed by atoms with Gasteiger partial charge >= 0.3 is 5.97 Å². The van der Waals surface area contributed by atoms with Crippen molar-refractivity contribution >= 4 is 39.8 Å². The van der Waals surface area contributed by atoms with E-state index in [-0.39, 0.29) is 23.2 Å². The lowest BCUT2D eigenvalue weighted by Gasteiger charge is -2.36. The van der Waals surface area contributed by atoms with E-state index in [1.165, 1.54) is 36.1 Å². The second-order valence-electron chi connectivity index (χ2n) is 8.61. The highest BCUT2D eigenvalue weighted by molar-refractivity contribution is 7.10. The molecule has 1 N–H and O–H groups in total. The summed E-state index contributed by atoms with van der Waals surface area (Å²) in [6, 6.07) is 6.62. The molecule has 0 spiro atoms. The number of nitrogens with zero attached hydrogens (tertiary/aromatic N) is 2. The monoisotopic (exact) mass is 518 g/mol. The Morgan fingerprint density at radius 2 is 2.26 bits per heavy atom. The third kappa shape index (κ3) is 6.10. The van der Waals surface area contributed by atoms with Crippen molar-refractivity contribution in [2.75, 3.05) is 26.7 Å². The predicted molar refractivity (Wildman–Crippen MR) is 133 cm³/mol. The number of hydrogen-bond donors (Lipinski definition) is 1. The molecule has 0 saturated carbocycles. The molecule has 3 aromatic rings. The largest absolute Gasteiger partial charge is 0.497 e. The summed E-state index contributed by atoms with van der Waals surface area (Å²) in [7, 11) is 1.54. The number of likely N-dealkylation sites (tertiary alicyclic amines) is 1. The molecule has 0 unspecified atom stereocenters. The zero-order valence-corrected chi connectivity index (χ0v) is 20.7. The van der Waals surface area contributed by atoms with Gasteiger partial charge in [-0.1, -0.05) is 23.4 Å². The molecule has 0 bridgehead atoms. The lowest BCUT2D eigenvalue weighted by molar-refractivity contribution is -0.146. The molecule has 1 fully saturated rings. The van der Waals surface area contributed by atoms with Crippen molar-refractivity contribution < 1.29 is 23.4 Å². The van der Waals surface area contributed by atoms with Gasteiger partial charge in [0.1, 0.15) is 17.7 Å². The van der Waals surface area contributed by atoms with Crippen LogP contribution in [0.25, 0.3) is 10.9 Å². The van der Waals surface area contributed by atoms with Crippen LogP contribution in [-0.2, 0) is 4.79 Å². The fraction of sp³-hybridized carbons (Fsp3) is 0.385. The van der Waals surface area contributed by atoms with Gasteiger partial charge < -0.3 is 9.84 Å². The van der Waals surface area contributed by atoms with Crippen LogP contribution < -0.4 is 4.74 Å². The lowest BCUT2D eigenvalue weighted by Crippen LogP contribution is -2.44. The first-order chi connectivity index (χ1) is 16.9. The van der Waals surface area contributed by atoms with Crippen LogP contribution in [0.3, 0.4) is 0 Å². The normalized spacial score (nSPS) is 19.2. The van der Waals surface area contributed by atoms with Crippen LogP contribution in [0.1, 0.15) is 35.9 Å². The number of carbonyl (C=O) groups is 1. The molecule has 3 heterocycles. The van der Waals surface area contributed by atoms with E-state index in [1.54, 1.807) is 18.2 Å². The number of carboxylic acids is 1. The smallest absolute Gasteiger partial charge is 0.308 e. The van der Waals surface area contributed by atoms with Crippen LogP contribution in [-0.4, -0.2) is 47.7 Å². The standard InChI is InChI=1S/C26H25ClF2N2O3S/c1-34-18-5-7-24-20(12-18)25(22(27)13-30-24)23(29)6-4-16-8-10-31(14-21(16)26(32)33)9-2-3-19-11-17(28)15-35-19/h5,7,11-13,15-16,21,23H,4,6,8-10,14H2,1H3,(H,32,33)/t16-,21+,23-/m0/s1. The van der Waals surface area contributed by atoms with E-state index in [4.69, 9.17) is 16.3 Å². The number of thiophene rings is 1. The summed E-state index contributed by atoms with van der Waals surface area (Å²) in [5.41, 5.74) is 0.983. The van der Waals surface area contributed by atoms with Crippen LogP contribution in [0.4, 0.5) is 8.78 Å². The van der Waals surface area contributed by atoms with Crippen LogP contribution in [0.2, 0.25) is 5.02 Å². The number of rotatable bonds is 7. The van der Waals surface area contributed by atoms with E-state index in [2.05, 4.69) is 16.8 Å². The summed E-state index contributed by atoms with van der Waals surface area (Å²) >= 11 is 7.57. The summed E-state index contributed by atoms with van der Waals surface area (Å²) in [5, 5.41) is 12.1. The molecule has 9 heteroatoms. The molecule has 3 atom stereocenters. The molecule has 1 saturated heterocycles. The van der Waals surface area contributed by atoms with Gasteiger partial charge in [-0.2, -0.15) is 0 Å². The van der Waals surface area contributed by atoms with Gasteiger partial charge in [0.05, 0.1) is 35.0 Å². The SMILES string of the molecule is COc1ccc2ncc(Cl)c([C@@H](F)CC[C@H]3CCN(CC#Cc4cc(F)cs4)C[C@H]3C(=O)O)c2c1. The second-order valence-corrected chi connectivity index (χ2v) is 9.93. The van der Waals surface area contributed by atoms with E-state index in [0.717, 1.165) is 0 Å². The van der Waals surface area contributed by atoms with Crippen molar-refractivity contribution in [3.05, 3.63) is 57.1 Å². The Balaban J connectivity index is 1.41. The molecular weight excluding hydrogens is 494 g/mol. The Morgan fingerprint density at radius 3 is 2.97 bits per heavy atom. The number of alkyl halides is 1. The van der Waals surface area contributed by atoms with Gasteiger partial charge in [0, 0.05) is 35.1 Å². The van der Waals surface area contributed by atoms with Crippen molar-refractivity contribution in [3.63, 3.8) is 0 Å². The van der Waals surface area contributed by atoms with Gasteiger partial charge in [0.15, 0.2) is 0 Å². The lowest BCUT2D eigenvalue weighted by atomic mass is 9.81. The van der Waals surface area contributed by atoms with E-state index in [1.807, 2.05) is 4.90 Å². The highest BCUT2D eigenvalue weighted by Gasteiger charge is 2.34. The molecule has 4 rings (SSSR count). The number of benzene rings is 1. The van der Waals surface area contributed by atoms with Gasteiger partial charge in [0.2, 0.25) is 0 Å². The maximum absolute atomic E-state index is 15.5. The van der Waals surface area contributed by atoms with Crippen molar-refractivity contribution in [1.29, 1.82) is 0 Å². The Kier molecular flexibility index (Phi) is 8.22. The number of ether oxygens (including phenoxy) is 1. The van der Waals surface area contributed by atoms with Crippen molar-refractivity contribution in [3.8, 4) is 17.6 Å². The zero-order valence-electron chi connectivity index (χ0n) is 19.1. The molecule has 0 aliphatic carbocycles. The molecule has 35 heavy (non-hydrogen) atoms. The van der Waals surface area contributed by atoms with Gasteiger partial charge in [-0.25, -0.2) is 8.78 Å². The van der Waals surface area contributed by atoms with E-state index >= 15 is 4.39 Å². The molecule has 184 valence electrons. The molecule has 2 aromatic heterocycles. The molecule has 1 aliphatic rings. The Labute approximate surface area is 211 Å². The number of aromatic nitrogens is 1. The van der Waals surface area contributed by atoms with Crippen LogP contribution in [0, 0.1) is 29.5 Å². The average molecular weight is 519 g/mol. The summed E-state index contributed by atoms with van der Waals surface area (Å²) < 4.78 is 33.9. The molecule has 0 amide bonds. The first-order valence-electron chi connectivity index (χ1n) is 11.3. The highest BCUT2D eigenvalue weighted by atomic mass is 35.5. The maximum Gasteiger partial charge on any atom is 0.308 e. The number of fused-ring (bicyclic) bond motifs is 1. The number of pyridine rings is 1. The molecule has 5 nitrogen and oxygen atoms in total. The van der Waals surface area contributed by atoms with Crippen LogP contribution in [0.15, 0.2) is 35.8 Å². The highest BCUT2D eigenvalue weighted by Crippen LogP contribution is 2.38. The van der Waals surface area contributed by atoms with Crippen molar-refractivity contribution in [1.82, 2.24) is 9.88 Å². The quantitative estimate of drug-likeness (QED) is 0.391. The maximum atomic E-state index is 15.5. The molecule has 1 aliphatic heterocycles. The van der Waals surface area contributed by atoms with E-state index in [0.29, 0.717) is 59.6 Å². The fourth-order valence-electron chi connectivity index (χ4n) is 4.57. The Bertz CT molecular complexity index is 1270. The number of hydrogen-bond acceptors (Lipinski definition) is 5. The summed E-state index contributed by atoms with van der Waals surface area (Å²) in [6.07, 6.45) is 1.31.